The Morgan fingerprint density at radius 1 is 1.38 bits per heavy atom. The summed E-state index contributed by atoms with van der Waals surface area (Å²) in [6.45, 7) is 7.00. The van der Waals surface area contributed by atoms with Crippen molar-refractivity contribution in [3.05, 3.63) is 35.1 Å². The standard InChI is InChI=1S/C17H22FNOS/c1-17(2)7-8-19(9-11-21-17)13-15-6-5-14(4-3-10-20)12-16(15)18/h5-6,12,20H,7-11,13H2,1-2H3. The van der Waals surface area contributed by atoms with E-state index in [1.54, 1.807) is 6.07 Å². The molecule has 1 aromatic rings. The van der Waals surface area contributed by atoms with Crippen molar-refractivity contribution < 1.29 is 9.50 Å². The molecule has 2 nitrogen and oxygen atoms in total. The van der Waals surface area contributed by atoms with E-state index >= 15 is 0 Å². The predicted molar refractivity (Wildman–Crippen MR) is 86.8 cm³/mol. The van der Waals surface area contributed by atoms with E-state index in [4.69, 9.17) is 5.11 Å². The molecule has 0 bridgehead atoms. The summed E-state index contributed by atoms with van der Waals surface area (Å²) >= 11 is 1.99. The molecule has 0 radical (unpaired) electrons. The molecule has 1 aromatic carbocycles. The average Bonchev–Trinajstić information content (AvgIpc) is 2.60. The number of thioether (sulfide) groups is 1. The molecule has 0 aromatic heterocycles. The second-order valence-corrected chi connectivity index (χ2v) is 7.70. The maximum Gasteiger partial charge on any atom is 0.128 e. The minimum Gasteiger partial charge on any atom is -0.384 e. The van der Waals surface area contributed by atoms with Gasteiger partial charge in [0.25, 0.3) is 0 Å². The first kappa shape index (κ1) is 16.4. The van der Waals surface area contributed by atoms with Crippen LogP contribution in [0.15, 0.2) is 18.2 Å². The molecule has 0 aliphatic carbocycles. The SMILES string of the molecule is CC1(C)CCN(Cc2ccc(C#CCO)cc2F)CCS1. The van der Waals surface area contributed by atoms with Crippen LogP contribution in [0, 0.1) is 17.7 Å². The summed E-state index contributed by atoms with van der Waals surface area (Å²) in [7, 11) is 0. The molecule has 2 rings (SSSR count). The molecule has 0 spiro atoms. The zero-order valence-electron chi connectivity index (χ0n) is 12.7. The van der Waals surface area contributed by atoms with Crippen LogP contribution in [-0.2, 0) is 6.54 Å². The number of halogens is 1. The molecule has 21 heavy (non-hydrogen) atoms. The first-order valence-electron chi connectivity index (χ1n) is 7.25. The van der Waals surface area contributed by atoms with Crippen LogP contribution in [-0.4, -0.2) is 40.2 Å². The van der Waals surface area contributed by atoms with Gasteiger partial charge in [0.15, 0.2) is 0 Å². The Labute approximate surface area is 130 Å². The second-order valence-electron chi connectivity index (χ2n) is 5.90. The first-order valence-corrected chi connectivity index (χ1v) is 8.23. The van der Waals surface area contributed by atoms with E-state index in [1.165, 1.54) is 6.07 Å². The highest BCUT2D eigenvalue weighted by molar-refractivity contribution is 8.00. The van der Waals surface area contributed by atoms with Gasteiger partial charge in [-0.05, 0) is 25.1 Å². The Morgan fingerprint density at radius 3 is 2.90 bits per heavy atom. The highest BCUT2D eigenvalue weighted by Crippen LogP contribution is 2.31. The van der Waals surface area contributed by atoms with Crippen molar-refractivity contribution in [2.24, 2.45) is 0 Å². The van der Waals surface area contributed by atoms with Crippen LogP contribution >= 0.6 is 11.8 Å². The molecule has 1 aliphatic heterocycles. The molecule has 4 heteroatoms. The fourth-order valence-corrected chi connectivity index (χ4v) is 3.49. The van der Waals surface area contributed by atoms with Crippen LogP contribution in [0.25, 0.3) is 0 Å². The predicted octanol–water partition coefficient (Wildman–Crippen LogP) is 2.89. The van der Waals surface area contributed by atoms with E-state index in [2.05, 4.69) is 30.6 Å². The number of nitrogens with zero attached hydrogens (tertiary/aromatic N) is 1. The average molecular weight is 307 g/mol. The van der Waals surface area contributed by atoms with Gasteiger partial charge in [-0.25, -0.2) is 4.39 Å². The quantitative estimate of drug-likeness (QED) is 0.850. The van der Waals surface area contributed by atoms with E-state index in [1.807, 2.05) is 17.8 Å². The lowest BCUT2D eigenvalue weighted by Gasteiger charge is -2.22. The fraction of sp³-hybridized carbons (Fsp3) is 0.529. The van der Waals surface area contributed by atoms with Crippen molar-refractivity contribution in [2.75, 3.05) is 25.4 Å². The van der Waals surface area contributed by atoms with Gasteiger partial charge in [-0.3, -0.25) is 4.90 Å². The van der Waals surface area contributed by atoms with Gasteiger partial charge in [-0.1, -0.05) is 31.8 Å². The highest BCUT2D eigenvalue weighted by atomic mass is 32.2. The Bertz CT molecular complexity index is 547. The molecule has 1 heterocycles. The molecule has 0 amide bonds. The summed E-state index contributed by atoms with van der Waals surface area (Å²) in [5.41, 5.74) is 1.33. The second kappa shape index (κ2) is 7.31. The number of hydrogen-bond acceptors (Lipinski definition) is 3. The Hall–Kier alpha value is -1.02. The van der Waals surface area contributed by atoms with Crippen molar-refractivity contribution in [3.63, 3.8) is 0 Å². The Balaban J connectivity index is 2.02. The van der Waals surface area contributed by atoms with Crippen LogP contribution in [0.3, 0.4) is 0 Å². The van der Waals surface area contributed by atoms with Crippen LogP contribution < -0.4 is 0 Å². The zero-order valence-corrected chi connectivity index (χ0v) is 13.5. The van der Waals surface area contributed by atoms with Gasteiger partial charge in [-0.15, -0.1) is 0 Å². The van der Waals surface area contributed by atoms with Crippen molar-refractivity contribution in [2.45, 2.75) is 31.6 Å². The topological polar surface area (TPSA) is 23.5 Å². The van der Waals surface area contributed by atoms with Gasteiger partial charge in [0.2, 0.25) is 0 Å². The van der Waals surface area contributed by atoms with Gasteiger partial charge in [0.1, 0.15) is 12.4 Å². The van der Waals surface area contributed by atoms with Crippen LogP contribution in [0.1, 0.15) is 31.4 Å². The molecule has 1 aliphatic rings. The third-order valence-electron chi connectivity index (χ3n) is 3.69. The maximum absolute atomic E-state index is 14.1. The number of rotatable bonds is 2. The van der Waals surface area contributed by atoms with E-state index in [-0.39, 0.29) is 12.4 Å². The number of hydrogen-bond donors (Lipinski definition) is 1. The molecule has 1 saturated heterocycles. The van der Waals surface area contributed by atoms with Crippen LogP contribution in [0.4, 0.5) is 4.39 Å². The molecule has 1 N–H and O–H groups in total. The molecule has 1 fully saturated rings. The Kier molecular flexibility index (Phi) is 5.69. The lowest BCUT2D eigenvalue weighted by molar-refractivity contribution is 0.272. The van der Waals surface area contributed by atoms with Crippen molar-refractivity contribution in [3.8, 4) is 11.8 Å². The normalized spacial score (nSPS) is 18.7. The molecule has 0 unspecified atom stereocenters. The molecular formula is C17H22FNOS. The van der Waals surface area contributed by atoms with Crippen molar-refractivity contribution in [1.29, 1.82) is 0 Å². The van der Waals surface area contributed by atoms with Gasteiger partial charge in [0, 0.05) is 34.7 Å². The smallest absolute Gasteiger partial charge is 0.128 e. The van der Waals surface area contributed by atoms with E-state index in [0.29, 0.717) is 22.4 Å². The van der Waals surface area contributed by atoms with E-state index < -0.39 is 0 Å². The molecule has 114 valence electrons. The van der Waals surface area contributed by atoms with E-state index in [9.17, 15) is 4.39 Å². The van der Waals surface area contributed by atoms with Gasteiger partial charge < -0.3 is 5.11 Å². The summed E-state index contributed by atoms with van der Waals surface area (Å²) in [6, 6.07) is 5.08. The highest BCUT2D eigenvalue weighted by Gasteiger charge is 2.23. The van der Waals surface area contributed by atoms with Gasteiger partial charge >= 0.3 is 0 Å². The van der Waals surface area contributed by atoms with Crippen LogP contribution in [0.5, 0.6) is 0 Å². The number of aliphatic hydroxyl groups excluding tert-OH is 1. The first-order chi connectivity index (χ1) is 10.00. The van der Waals surface area contributed by atoms with Crippen molar-refractivity contribution >= 4 is 11.8 Å². The summed E-state index contributed by atoms with van der Waals surface area (Å²) in [6.07, 6.45) is 1.12. The summed E-state index contributed by atoms with van der Waals surface area (Å²) < 4.78 is 14.4. The molecule has 0 atom stereocenters. The Morgan fingerprint density at radius 2 is 2.19 bits per heavy atom. The summed E-state index contributed by atoms with van der Waals surface area (Å²) in [4.78, 5) is 2.32. The van der Waals surface area contributed by atoms with Gasteiger partial charge in [0.05, 0.1) is 0 Å². The third kappa shape index (κ3) is 5.03. The number of benzene rings is 1. The lowest BCUT2D eigenvalue weighted by Crippen LogP contribution is -2.27. The summed E-state index contributed by atoms with van der Waals surface area (Å²) in [5, 5.41) is 8.66. The van der Waals surface area contributed by atoms with Crippen LogP contribution in [0.2, 0.25) is 0 Å². The number of aliphatic hydroxyl groups is 1. The maximum atomic E-state index is 14.1. The zero-order chi connectivity index (χ0) is 15.3. The van der Waals surface area contributed by atoms with Gasteiger partial charge in [-0.2, -0.15) is 11.8 Å². The summed E-state index contributed by atoms with van der Waals surface area (Å²) in [5.74, 6) is 6.15. The minimum absolute atomic E-state index is 0.204. The molecule has 0 saturated carbocycles. The minimum atomic E-state index is -0.212. The van der Waals surface area contributed by atoms with Crippen molar-refractivity contribution in [1.82, 2.24) is 4.90 Å². The lowest BCUT2D eigenvalue weighted by atomic mass is 10.1. The largest absolute Gasteiger partial charge is 0.384 e. The molecular weight excluding hydrogens is 285 g/mol. The third-order valence-corrected chi connectivity index (χ3v) is 5.06. The monoisotopic (exact) mass is 307 g/mol. The van der Waals surface area contributed by atoms with E-state index in [0.717, 1.165) is 25.3 Å². The fourth-order valence-electron chi connectivity index (χ4n) is 2.36.